The summed E-state index contributed by atoms with van der Waals surface area (Å²) in [5, 5.41) is 20.1. The van der Waals surface area contributed by atoms with Crippen molar-refractivity contribution in [2.75, 3.05) is 12.3 Å². The summed E-state index contributed by atoms with van der Waals surface area (Å²) in [4.78, 5) is 25.4. The van der Waals surface area contributed by atoms with E-state index in [1.54, 1.807) is 6.07 Å². The van der Waals surface area contributed by atoms with Gasteiger partial charge in [0.05, 0.1) is 18.5 Å². The standard InChI is InChI=1S/C11H15N4O7P/c12-10-7-5(1-2-13-10)15(4-14-7)11-9(17)8(16)6(22-11)3-21-23(18,19)20/h1-2,4,6,8-9,11,16-17H,3H2,(H2,12,13)(H2,18,19,20)/t6-,8-,9+,11-/m1/s1. The summed E-state index contributed by atoms with van der Waals surface area (Å²) in [7, 11) is -4.71. The lowest BCUT2D eigenvalue weighted by Crippen LogP contribution is -2.33. The highest BCUT2D eigenvalue weighted by Crippen LogP contribution is 2.38. The Morgan fingerprint density at radius 1 is 1.35 bits per heavy atom. The Kier molecular flexibility index (Phi) is 4.10. The normalized spacial score (nSPS) is 28.5. The third-order valence-corrected chi connectivity index (χ3v) is 4.02. The Bertz CT molecular complexity index is 762. The number of fused-ring (bicyclic) bond motifs is 1. The average molecular weight is 346 g/mol. The van der Waals surface area contributed by atoms with Crippen LogP contribution in [0.4, 0.5) is 5.82 Å². The molecule has 23 heavy (non-hydrogen) atoms. The van der Waals surface area contributed by atoms with E-state index in [-0.39, 0.29) is 5.82 Å². The van der Waals surface area contributed by atoms with Gasteiger partial charge < -0.3 is 35.0 Å². The zero-order valence-electron chi connectivity index (χ0n) is 11.6. The number of rotatable bonds is 4. The van der Waals surface area contributed by atoms with Gasteiger partial charge in [-0.15, -0.1) is 0 Å². The number of hydrogen-bond acceptors (Lipinski definition) is 8. The summed E-state index contributed by atoms with van der Waals surface area (Å²) < 4.78 is 22.0. The van der Waals surface area contributed by atoms with Gasteiger partial charge in [-0.3, -0.25) is 4.52 Å². The molecule has 0 amide bonds. The minimum atomic E-state index is -4.71. The first-order chi connectivity index (χ1) is 10.8. The van der Waals surface area contributed by atoms with Crippen molar-refractivity contribution >= 4 is 24.7 Å². The second kappa shape index (κ2) is 5.80. The Hall–Kier alpha value is -1.59. The van der Waals surface area contributed by atoms with Crippen molar-refractivity contribution in [3.63, 3.8) is 0 Å². The van der Waals surface area contributed by atoms with Crippen molar-refractivity contribution in [1.29, 1.82) is 0 Å². The van der Waals surface area contributed by atoms with Crippen LogP contribution in [0.3, 0.4) is 0 Å². The van der Waals surface area contributed by atoms with E-state index >= 15 is 0 Å². The van der Waals surface area contributed by atoms with Crippen molar-refractivity contribution < 1.29 is 33.8 Å². The largest absolute Gasteiger partial charge is 0.469 e. The van der Waals surface area contributed by atoms with Crippen molar-refractivity contribution in [3.8, 4) is 0 Å². The highest BCUT2D eigenvalue weighted by Gasteiger charge is 2.44. The molecular weight excluding hydrogens is 331 g/mol. The molecule has 12 heteroatoms. The molecular formula is C11H15N4O7P. The number of pyridine rings is 1. The molecule has 3 rings (SSSR count). The summed E-state index contributed by atoms with van der Waals surface area (Å²) >= 11 is 0. The second-order valence-corrected chi connectivity index (χ2v) is 6.29. The third kappa shape index (κ3) is 3.08. The van der Waals surface area contributed by atoms with Crippen LogP contribution in [0.5, 0.6) is 0 Å². The van der Waals surface area contributed by atoms with E-state index in [0.717, 1.165) is 0 Å². The van der Waals surface area contributed by atoms with Crippen molar-refractivity contribution in [1.82, 2.24) is 14.5 Å². The number of phosphoric ester groups is 1. The molecule has 3 heterocycles. The average Bonchev–Trinajstić information content (AvgIpc) is 3.01. The van der Waals surface area contributed by atoms with Crippen LogP contribution in [-0.2, 0) is 13.8 Å². The van der Waals surface area contributed by atoms with Gasteiger partial charge in [0.1, 0.15) is 23.8 Å². The molecule has 1 saturated heterocycles. The molecule has 2 aromatic heterocycles. The van der Waals surface area contributed by atoms with E-state index in [4.69, 9.17) is 20.3 Å². The molecule has 2 aromatic rings. The number of aromatic nitrogens is 3. The van der Waals surface area contributed by atoms with Gasteiger partial charge in [-0.1, -0.05) is 0 Å². The molecule has 0 aromatic carbocycles. The van der Waals surface area contributed by atoms with Crippen LogP contribution in [0.25, 0.3) is 11.0 Å². The van der Waals surface area contributed by atoms with Gasteiger partial charge in [-0.05, 0) is 6.07 Å². The van der Waals surface area contributed by atoms with Crippen LogP contribution in [0.15, 0.2) is 18.6 Å². The Morgan fingerprint density at radius 3 is 2.78 bits per heavy atom. The first kappa shape index (κ1) is 16.3. The minimum absolute atomic E-state index is 0.204. The Morgan fingerprint density at radius 2 is 2.09 bits per heavy atom. The predicted octanol–water partition coefficient (Wildman–Crippen LogP) is -1.26. The van der Waals surface area contributed by atoms with Gasteiger partial charge >= 0.3 is 7.82 Å². The molecule has 1 aliphatic heterocycles. The lowest BCUT2D eigenvalue weighted by molar-refractivity contribution is -0.0501. The highest BCUT2D eigenvalue weighted by atomic mass is 31.2. The zero-order chi connectivity index (χ0) is 16.8. The predicted molar refractivity (Wildman–Crippen MR) is 75.9 cm³/mol. The summed E-state index contributed by atoms with van der Waals surface area (Å²) in [6, 6.07) is 1.61. The van der Waals surface area contributed by atoms with Crippen LogP contribution in [-0.4, -0.2) is 59.5 Å². The van der Waals surface area contributed by atoms with E-state index in [9.17, 15) is 14.8 Å². The van der Waals surface area contributed by atoms with Gasteiger partial charge in [-0.2, -0.15) is 0 Å². The monoisotopic (exact) mass is 346 g/mol. The van der Waals surface area contributed by atoms with E-state index in [1.165, 1.54) is 17.1 Å². The number of nitrogens with zero attached hydrogens (tertiary/aromatic N) is 3. The number of nitrogen functional groups attached to an aromatic ring is 1. The molecule has 0 saturated carbocycles. The Balaban J connectivity index is 1.85. The van der Waals surface area contributed by atoms with Crippen LogP contribution in [0, 0.1) is 0 Å². The fourth-order valence-corrected chi connectivity index (χ4v) is 2.79. The number of anilines is 1. The molecule has 126 valence electrons. The fraction of sp³-hybridized carbons (Fsp3) is 0.455. The lowest BCUT2D eigenvalue weighted by Gasteiger charge is -2.17. The van der Waals surface area contributed by atoms with Gasteiger partial charge in [0.15, 0.2) is 12.0 Å². The molecule has 1 fully saturated rings. The van der Waals surface area contributed by atoms with Crippen LogP contribution < -0.4 is 5.73 Å². The molecule has 0 aliphatic carbocycles. The quantitative estimate of drug-likeness (QED) is 0.420. The van der Waals surface area contributed by atoms with E-state index in [0.29, 0.717) is 11.0 Å². The maximum absolute atomic E-state index is 10.7. The number of aliphatic hydroxyl groups is 2. The molecule has 6 N–H and O–H groups in total. The smallest absolute Gasteiger partial charge is 0.387 e. The summed E-state index contributed by atoms with van der Waals surface area (Å²) in [5.41, 5.74) is 6.65. The van der Waals surface area contributed by atoms with Crippen LogP contribution in [0.2, 0.25) is 0 Å². The molecule has 11 nitrogen and oxygen atoms in total. The van der Waals surface area contributed by atoms with Crippen molar-refractivity contribution in [3.05, 3.63) is 18.6 Å². The van der Waals surface area contributed by atoms with E-state index in [2.05, 4.69) is 14.5 Å². The third-order valence-electron chi connectivity index (χ3n) is 3.54. The van der Waals surface area contributed by atoms with E-state index in [1.807, 2.05) is 0 Å². The molecule has 0 spiro atoms. The number of phosphoric acid groups is 1. The second-order valence-electron chi connectivity index (χ2n) is 5.05. The summed E-state index contributed by atoms with van der Waals surface area (Å²) in [5.74, 6) is 0.204. The first-order valence-corrected chi connectivity index (χ1v) is 8.09. The lowest BCUT2D eigenvalue weighted by atomic mass is 10.1. The number of nitrogens with two attached hydrogens (primary N) is 1. The van der Waals surface area contributed by atoms with Crippen LogP contribution >= 0.6 is 7.82 Å². The topological polar surface area (TPSA) is 173 Å². The molecule has 0 bridgehead atoms. The maximum Gasteiger partial charge on any atom is 0.469 e. The summed E-state index contributed by atoms with van der Waals surface area (Å²) in [6.07, 6.45) is -2.02. The first-order valence-electron chi connectivity index (χ1n) is 6.56. The van der Waals surface area contributed by atoms with E-state index < -0.39 is 39.0 Å². The van der Waals surface area contributed by atoms with Gasteiger partial charge in [0.25, 0.3) is 0 Å². The van der Waals surface area contributed by atoms with Crippen molar-refractivity contribution in [2.24, 2.45) is 0 Å². The van der Waals surface area contributed by atoms with Gasteiger partial charge in [-0.25, -0.2) is 14.5 Å². The number of ether oxygens (including phenoxy) is 1. The Labute approximate surface area is 129 Å². The number of hydrogen-bond donors (Lipinski definition) is 5. The molecule has 0 unspecified atom stereocenters. The molecule has 1 aliphatic rings. The fourth-order valence-electron chi connectivity index (χ4n) is 2.45. The maximum atomic E-state index is 10.7. The van der Waals surface area contributed by atoms with Crippen molar-refractivity contribution in [2.45, 2.75) is 24.5 Å². The zero-order valence-corrected chi connectivity index (χ0v) is 12.5. The number of aliphatic hydroxyl groups excluding tert-OH is 2. The van der Waals surface area contributed by atoms with Gasteiger partial charge in [0, 0.05) is 6.20 Å². The highest BCUT2D eigenvalue weighted by molar-refractivity contribution is 7.46. The van der Waals surface area contributed by atoms with Gasteiger partial charge in [0.2, 0.25) is 0 Å². The summed E-state index contributed by atoms with van der Waals surface area (Å²) in [6.45, 7) is -0.574. The minimum Gasteiger partial charge on any atom is -0.387 e. The van der Waals surface area contributed by atoms with Crippen LogP contribution in [0.1, 0.15) is 6.23 Å². The molecule has 0 radical (unpaired) electrons. The SMILES string of the molecule is Nc1nccc2c1ncn2[C@@H]1O[C@H](COP(=O)(O)O)[C@@H](O)[C@@H]1O. The number of imidazole rings is 1. The molecule has 4 atom stereocenters.